The fourth-order valence-corrected chi connectivity index (χ4v) is 5.45. The van der Waals surface area contributed by atoms with Gasteiger partial charge in [-0.15, -0.1) is 0 Å². The van der Waals surface area contributed by atoms with E-state index in [0.29, 0.717) is 30.9 Å². The summed E-state index contributed by atoms with van der Waals surface area (Å²) in [5.41, 5.74) is 3.81. The first-order chi connectivity index (χ1) is 17.1. The van der Waals surface area contributed by atoms with Gasteiger partial charge in [0.25, 0.3) is 0 Å². The lowest BCUT2D eigenvalue weighted by molar-refractivity contribution is -0.147. The summed E-state index contributed by atoms with van der Waals surface area (Å²) in [5.74, 6) is 1.56. The number of carbonyl (C=O) groups excluding carboxylic acids is 1. The number of hydrogen-bond donors (Lipinski definition) is 2. The Morgan fingerprint density at radius 3 is 2.80 bits per heavy atom. The van der Waals surface area contributed by atoms with Crippen molar-refractivity contribution in [3.63, 3.8) is 0 Å². The molecule has 0 amide bonds. The van der Waals surface area contributed by atoms with Gasteiger partial charge < -0.3 is 19.9 Å². The van der Waals surface area contributed by atoms with Gasteiger partial charge >= 0.3 is 5.97 Å². The first-order valence-electron chi connectivity index (χ1n) is 12.3. The molecule has 0 aromatic carbocycles. The molecule has 35 heavy (non-hydrogen) atoms. The number of carbonyl (C=O) groups is 1. The standard InChI is InChI=1S/C26H29N7O2/c1-15-3-6-18(7-4-15)33-21-13-27-10-9-19(21)20-12-29-26(32-25(20)33)31-23-8-5-17-11-28-14-22(24(17)30-23)35-16(2)34/h5,8-10,12-13,15,18,22,28H,3-4,6-7,11,14H2,1-2H3,(H,29,30,31,32). The van der Waals surface area contributed by atoms with E-state index in [2.05, 4.69) is 32.1 Å². The van der Waals surface area contributed by atoms with Crippen molar-refractivity contribution >= 4 is 39.7 Å². The van der Waals surface area contributed by atoms with Gasteiger partial charge in [0.2, 0.25) is 5.95 Å². The lowest BCUT2D eigenvalue weighted by Gasteiger charge is -2.28. The van der Waals surface area contributed by atoms with Crippen molar-refractivity contribution in [3.8, 4) is 0 Å². The van der Waals surface area contributed by atoms with E-state index in [1.807, 2.05) is 36.8 Å². The third-order valence-corrected chi connectivity index (χ3v) is 7.21. The maximum Gasteiger partial charge on any atom is 0.303 e. The molecular formula is C26H29N7O2. The number of esters is 1. The van der Waals surface area contributed by atoms with Crippen LogP contribution in [0.2, 0.25) is 0 Å². The summed E-state index contributed by atoms with van der Waals surface area (Å²) in [6, 6.07) is 6.35. The monoisotopic (exact) mass is 471 g/mol. The molecule has 2 aliphatic rings. The van der Waals surface area contributed by atoms with Crippen LogP contribution in [0.3, 0.4) is 0 Å². The number of rotatable bonds is 4. The number of nitrogens with one attached hydrogen (secondary N) is 2. The minimum Gasteiger partial charge on any atom is -0.455 e. The minimum absolute atomic E-state index is 0.321. The van der Waals surface area contributed by atoms with E-state index in [9.17, 15) is 4.79 Å². The number of anilines is 2. The first-order valence-corrected chi connectivity index (χ1v) is 12.3. The fourth-order valence-electron chi connectivity index (χ4n) is 5.45. The Labute approximate surface area is 203 Å². The second kappa shape index (κ2) is 8.88. The van der Waals surface area contributed by atoms with Crippen LogP contribution in [-0.2, 0) is 16.1 Å². The van der Waals surface area contributed by atoms with Crippen molar-refractivity contribution in [2.24, 2.45) is 5.92 Å². The zero-order valence-corrected chi connectivity index (χ0v) is 20.0. The summed E-state index contributed by atoms with van der Waals surface area (Å²) in [6.07, 6.45) is 9.96. The minimum atomic E-state index is -0.412. The largest absolute Gasteiger partial charge is 0.455 e. The molecule has 5 heterocycles. The predicted octanol–water partition coefficient (Wildman–Crippen LogP) is 4.58. The van der Waals surface area contributed by atoms with Crippen LogP contribution < -0.4 is 10.6 Å². The maximum atomic E-state index is 11.6. The van der Waals surface area contributed by atoms with Gasteiger partial charge in [0.1, 0.15) is 11.5 Å². The van der Waals surface area contributed by atoms with Crippen molar-refractivity contribution < 1.29 is 9.53 Å². The summed E-state index contributed by atoms with van der Waals surface area (Å²) < 4.78 is 7.83. The fraction of sp³-hybridized carbons (Fsp3) is 0.423. The van der Waals surface area contributed by atoms with E-state index in [1.54, 1.807) is 0 Å². The van der Waals surface area contributed by atoms with Gasteiger partial charge in [-0.05, 0) is 49.3 Å². The third-order valence-electron chi connectivity index (χ3n) is 7.21. The molecule has 0 bridgehead atoms. The van der Waals surface area contributed by atoms with E-state index in [-0.39, 0.29) is 5.97 Å². The normalized spacial score (nSPS) is 22.2. The van der Waals surface area contributed by atoms with Gasteiger partial charge in [-0.25, -0.2) is 9.97 Å². The van der Waals surface area contributed by atoms with Gasteiger partial charge in [0.15, 0.2) is 6.10 Å². The highest BCUT2D eigenvalue weighted by Crippen LogP contribution is 2.38. The van der Waals surface area contributed by atoms with E-state index in [0.717, 1.165) is 52.0 Å². The van der Waals surface area contributed by atoms with Crippen LogP contribution in [0.1, 0.15) is 62.9 Å². The Bertz CT molecular complexity index is 1410. The third kappa shape index (κ3) is 4.10. The van der Waals surface area contributed by atoms with Gasteiger partial charge in [-0.2, -0.15) is 4.98 Å². The molecule has 1 atom stereocenters. The number of ether oxygens (including phenoxy) is 1. The Balaban J connectivity index is 1.37. The molecule has 0 saturated heterocycles. The van der Waals surface area contributed by atoms with Crippen LogP contribution in [0, 0.1) is 5.92 Å². The van der Waals surface area contributed by atoms with Crippen LogP contribution in [0.15, 0.2) is 36.8 Å². The van der Waals surface area contributed by atoms with Gasteiger partial charge in [0, 0.05) is 49.2 Å². The zero-order chi connectivity index (χ0) is 23.9. The Kier molecular flexibility index (Phi) is 5.56. The van der Waals surface area contributed by atoms with Crippen LogP contribution in [0.25, 0.3) is 21.9 Å². The summed E-state index contributed by atoms with van der Waals surface area (Å²) in [7, 11) is 0. The van der Waals surface area contributed by atoms with Crippen LogP contribution in [0.5, 0.6) is 0 Å². The van der Waals surface area contributed by atoms with Crippen molar-refractivity contribution in [2.45, 2.75) is 58.2 Å². The molecule has 1 aliphatic carbocycles. The number of aromatic nitrogens is 5. The molecule has 9 nitrogen and oxygen atoms in total. The Hall–Kier alpha value is -3.59. The number of nitrogens with zero attached hydrogens (tertiary/aromatic N) is 5. The van der Waals surface area contributed by atoms with E-state index in [4.69, 9.17) is 14.7 Å². The van der Waals surface area contributed by atoms with E-state index >= 15 is 0 Å². The quantitative estimate of drug-likeness (QED) is 0.417. The summed E-state index contributed by atoms with van der Waals surface area (Å²) in [4.78, 5) is 30.3. The van der Waals surface area contributed by atoms with Gasteiger partial charge in [0.05, 0.1) is 17.4 Å². The smallest absolute Gasteiger partial charge is 0.303 e. The van der Waals surface area contributed by atoms with Crippen LogP contribution >= 0.6 is 0 Å². The zero-order valence-electron chi connectivity index (χ0n) is 20.0. The molecule has 1 saturated carbocycles. The van der Waals surface area contributed by atoms with Gasteiger partial charge in [-0.3, -0.25) is 9.78 Å². The molecule has 180 valence electrons. The molecule has 4 aromatic rings. The second-order valence-corrected chi connectivity index (χ2v) is 9.70. The number of pyridine rings is 2. The molecule has 6 rings (SSSR count). The molecule has 4 aromatic heterocycles. The lowest BCUT2D eigenvalue weighted by atomic mass is 9.87. The molecule has 0 spiro atoms. The molecule has 2 N–H and O–H groups in total. The van der Waals surface area contributed by atoms with Crippen molar-refractivity contribution in [2.75, 3.05) is 11.9 Å². The number of fused-ring (bicyclic) bond motifs is 4. The lowest BCUT2D eigenvalue weighted by Crippen LogP contribution is -2.31. The van der Waals surface area contributed by atoms with Crippen LogP contribution in [-0.4, -0.2) is 37.0 Å². The Morgan fingerprint density at radius 1 is 1.11 bits per heavy atom. The van der Waals surface area contributed by atoms with E-state index in [1.165, 1.54) is 19.8 Å². The SMILES string of the molecule is CC(=O)OC1CNCc2ccc(Nc3ncc4c5ccncc5n(C5CCC(C)CC5)c4n3)nc21. The first kappa shape index (κ1) is 21.9. The van der Waals surface area contributed by atoms with Crippen molar-refractivity contribution in [3.05, 3.63) is 48.0 Å². The molecule has 1 unspecified atom stereocenters. The highest BCUT2D eigenvalue weighted by molar-refractivity contribution is 6.06. The predicted molar refractivity (Wildman–Crippen MR) is 133 cm³/mol. The summed E-state index contributed by atoms with van der Waals surface area (Å²) in [5, 5.41) is 8.71. The van der Waals surface area contributed by atoms with Crippen molar-refractivity contribution in [1.82, 2.24) is 29.8 Å². The van der Waals surface area contributed by atoms with Crippen molar-refractivity contribution in [1.29, 1.82) is 0 Å². The highest BCUT2D eigenvalue weighted by Gasteiger charge is 2.26. The molecular weight excluding hydrogens is 442 g/mol. The summed E-state index contributed by atoms with van der Waals surface area (Å²) in [6.45, 7) is 4.99. The molecule has 1 fully saturated rings. The molecule has 9 heteroatoms. The topological polar surface area (TPSA) is 107 Å². The second-order valence-electron chi connectivity index (χ2n) is 9.70. The maximum absolute atomic E-state index is 11.6. The molecule has 1 aliphatic heterocycles. The number of hydrogen-bond acceptors (Lipinski definition) is 8. The molecule has 0 radical (unpaired) electrons. The average Bonchev–Trinajstić information content (AvgIpc) is 3.18. The average molecular weight is 472 g/mol. The van der Waals surface area contributed by atoms with Gasteiger partial charge in [-0.1, -0.05) is 13.0 Å². The Morgan fingerprint density at radius 2 is 1.97 bits per heavy atom. The highest BCUT2D eigenvalue weighted by atomic mass is 16.5. The van der Waals surface area contributed by atoms with E-state index < -0.39 is 6.10 Å². The summed E-state index contributed by atoms with van der Waals surface area (Å²) >= 11 is 0. The van der Waals surface area contributed by atoms with Crippen LogP contribution in [0.4, 0.5) is 11.8 Å².